The van der Waals surface area contributed by atoms with Crippen molar-refractivity contribution in [1.82, 2.24) is 10.3 Å². The molecule has 0 fully saturated rings. The second kappa shape index (κ2) is 6.56. The second-order valence-corrected chi connectivity index (χ2v) is 6.42. The number of ether oxygens (including phenoxy) is 1. The summed E-state index contributed by atoms with van der Waals surface area (Å²) in [5.41, 5.74) is 2.18. The van der Waals surface area contributed by atoms with Gasteiger partial charge in [-0.25, -0.2) is 4.98 Å². The zero-order valence-corrected chi connectivity index (χ0v) is 12.9. The van der Waals surface area contributed by atoms with Crippen LogP contribution in [0.2, 0.25) is 0 Å². The number of nitrogens with one attached hydrogen (secondary N) is 1. The number of methoxy groups -OCH3 is 1. The predicted molar refractivity (Wildman–Crippen MR) is 83.8 cm³/mol. The fourth-order valence-electron chi connectivity index (χ4n) is 2.58. The smallest absolute Gasteiger partial charge is 0.118 e. The summed E-state index contributed by atoms with van der Waals surface area (Å²) in [6, 6.07) is 7.51. The maximum Gasteiger partial charge on any atom is 0.118 e. The van der Waals surface area contributed by atoms with E-state index in [1.807, 2.05) is 24.3 Å². The van der Waals surface area contributed by atoms with Crippen molar-refractivity contribution in [2.24, 2.45) is 0 Å². The van der Waals surface area contributed by atoms with Gasteiger partial charge in [0.2, 0.25) is 0 Å². The number of rotatable bonds is 6. The first kappa shape index (κ1) is 14.5. The number of aromatic nitrogens is 1. The van der Waals surface area contributed by atoms with Crippen molar-refractivity contribution in [1.29, 1.82) is 0 Å². The number of aliphatic hydroxyl groups excluding tert-OH is 1. The molecule has 2 aromatic rings. The van der Waals surface area contributed by atoms with Crippen molar-refractivity contribution < 1.29 is 9.84 Å². The maximum atomic E-state index is 10.2. The summed E-state index contributed by atoms with van der Waals surface area (Å²) in [6.45, 7) is 1.25. The lowest BCUT2D eigenvalue weighted by Crippen LogP contribution is -2.21. The molecule has 1 aromatic carbocycles. The van der Waals surface area contributed by atoms with E-state index in [0.29, 0.717) is 6.54 Å². The van der Waals surface area contributed by atoms with Gasteiger partial charge in [0, 0.05) is 18.0 Å². The lowest BCUT2D eigenvalue weighted by Gasteiger charge is -2.12. The molecule has 1 aromatic heterocycles. The van der Waals surface area contributed by atoms with Crippen LogP contribution < -0.4 is 10.1 Å². The van der Waals surface area contributed by atoms with E-state index in [4.69, 9.17) is 4.74 Å². The van der Waals surface area contributed by atoms with Crippen LogP contribution in [0.4, 0.5) is 0 Å². The molecule has 1 atom stereocenters. The van der Waals surface area contributed by atoms with Gasteiger partial charge in [-0.1, -0.05) is 12.1 Å². The van der Waals surface area contributed by atoms with E-state index < -0.39 is 6.10 Å². The van der Waals surface area contributed by atoms with E-state index in [9.17, 15) is 5.11 Å². The Morgan fingerprint density at radius 2 is 2.14 bits per heavy atom. The molecule has 112 valence electrons. The lowest BCUT2D eigenvalue weighted by molar-refractivity contribution is 0.174. The van der Waals surface area contributed by atoms with Gasteiger partial charge in [0.05, 0.1) is 18.9 Å². The highest BCUT2D eigenvalue weighted by Gasteiger charge is 2.16. The van der Waals surface area contributed by atoms with Crippen LogP contribution in [0.15, 0.2) is 24.3 Å². The van der Waals surface area contributed by atoms with Crippen LogP contribution in [-0.4, -0.2) is 23.7 Å². The van der Waals surface area contributed by atoms with Crippen LogP contribution in [0, 0.1) is 0 Å². The number of nitrogens with zero attached hydrogens (tertiary/aromatic N) is 1. The first-order valence-electron chi connectivity index (χ1n) is 7.26. The van der Waals surface area contributed by atoms with Crippen LogP contribution >= 0.6 is 11.3 Å². The molecule has 1 heterocycles. The van der Waals surface area contributed by atoms with Gasteiger partial charge in [0.15, 0.2) is 0 Å². The van der Waals surface area contributed by atoms with Crippen molar-refractivity contribution >= 4 is 11.3 Å². The number of benzene rings is 1. The summed E-state index contributed by atoms with van der Waals surface area (Å²) in [5, 5.41) is 14.6. The molecule has 1 aliphatic carbocycles. The topological polar surface area (TPSA) is 54.4 Å². The van der Waals surface area contributed by atoms with Gasteiger partial charge in [-0.3, -0.25) is 0 Å². The third-order valence-corrected chi connectivity index (χ3v) is 4.91. The Bertz CT molecular complexity index is 573. The summed E-state index contributed by atoms with van der Waals surface area (Å²) in [5.74, 6) is 0.802. The lowest BCUT2D eigenvalue weighted by atomic mass is 10.1. The molecule has 2 N–H and O–H groups in total. The van der Waals surface area contributed by atoms with Crippen LogP contribution in [0.25, 0.3) is 0 Å². The van der Waals surface area contributed by atoms with Crippen LogP contribution in [-0.2, 0) is 19.4 Å². The van der Waals surface area contributed by atoms with Gasteiger partial charge in [0.1, 0.15) is 10.8 Å². The fourth-order valence-corrected chi connectivity index (χ4v) is 3.71. The molecule has 1 aliphatic rings. The van der Waals surface area contributed by atoms with Crippen molar-refractivity contribution in [3.63, 3.8) is 0 Å². The normalized spacial score (nSPS) is 15.0. The number of fused-ring (bicyclic) bond motifs is 1. The van der Waals surface area contributed by atoms with Crippen molar-refractivity contribution in [2.45, 2.75) is 31.9 Å². The molecule has 3 rings (SSSR count). The van der Waals surface area contributed by atoms with E-state index in [0.717, 1.165) is 29.3 Å². The van der Waals surface area contributed by atoms with Gasteiger partial charge in [-0.2, -0.15) is 0 Å². The summed E-state index contributed by atoms with van der Waals surface area (Å²) in [6.07, 6.45) is 3.04. The van der Waals surface area contributed by atoms with E-state index in [1.165, 1.54) is 23.4 Å². The molecular formula is C16H20N2O2S. The minimum absolute atomic E-state index is 0.511. The van der Waals surface area contributed by atoms with E-state index in [1.54, 1.807) is 18.4 Å². The van der Waals surface area contributed by atoms with E-state index in [-0.39, 0.29) is 0 Å². The van der Waals surface area contributed by atoms with Gasteiger partial charge >= 0.3 is 0 Å². The Morgan fingerprint density at radius 1 is 1.33 bits per heavy atom. The fraction of sp³-hybridized carbons (Fsp3) is 0.438. The minimum atomic E-state index is -0.511. The SMILES string of the molecule is COc1ccc(C(O)CNCc2nc3c(s2)CCC3)cc1. The van der Waals surface area contributed by atoms with Crippen LogP contribution in [0.3, 0.4) is 0 Å². The Labute approximate surface area is 128 Å². The summed E-state index contributed by atoms with van der Waals surface area (Å²) in [7, 11) is 1.64. The highest BCUT2D eigenvalue weighted by Crippen LogP contribution is 2.27. The molecule has 4 nitrogen and oxygen atoms in total. The zero-order chi connectivity index (χ0) is 14.7. The number of aryl methyl sites for hydroxylation is 2. The minimum Gasteiger partial charge on any atom is -0.497 e. The quantitative estimate of drug-likeness (QED) is 0.861. The molecule has 0 radical (unpaired) electrons. The maximum absolute atomic E-state index is 10.2. The van der Waals surface area contributed by atoms with Crippen molar-refractivity contribution in [3.8, 4) is 5.75 Å². The molecule has 0 bridgehead atoms. The summed E-state index contributed by atoms with van der Waals surface area (Å²) >= 11 is 1.80. The summed E-state index contributed by atoms with van der Waals surface area (Å²) in [4.78, 5) is 6.09. The molecule has 0 spiro atoms. The third-order valence-electron chi connectivity index (χ3n) is 3.75. The van der Waals surface area contributed by atoms with Gasteiger partial charge in [-0.15, -0.1) is 11.3 Å². The Balaban J connectivity index is 1.49. The van der Waals surface area contributed by atoms with Crippen molar-refractivity contribution in [2.75, 3.05) is 13.7 Å². The zero-order valence-electron chi connectivity index (χ0n) is 12.1. The molecule has 21 heavy (non-hydrogen) atoms. The molecule has 5 heteroatoms. The number of thiazole rings is 1. The first-order valence-corrected chi connectivity index (χ1v) is 8.08. The van der Waals surface area contributed by atoms with Crippen molar-refractivity contribution in [3.05, 3.63) is 45.4 Å². The number of hydrogen-bond donors (Lipinski definition) is 2. The predicted octanol–water partition coefficient (Wildman–Crippen LogP) is 2.46. The van der Waals surface area contributed by atoms with Gasteiger partial charge in [-0.05, 0) is 37.0 Å². The largest absolute Gasteiger partial charge is 0.497 e. The van der Waals surface area contributed by atoms with Crippen LogP contribution in [0.1, 0.15) is 33.7 Å². The van der Waals surface area contributed by atoms with Gasteiger partial charge < -0.3 is 15.2 Å². The Morgan fingerprint density at radius 3 is 2.86 bits per heavy atom. The molecule has 1 unspecified atom stereocenters. The Kier molecular flexibility index (Phi) is 4.53. The average Bonchev–Trinajstić information content (AvgIpc) is 3.08. The molecule has 0 amide bonds. The molecular weight excluding hydrogens is 284 g/mol. The molecule has 0 saturated heterocycles. The van der Waals surface area contributed by atoms with E-state index >= 15 is 0 Å². The average molecular weight is 304 g/mol. The standard InChI is InChI=1S/C16H20N2O2S/c1-20-12-7-5-11(6-8-12)14(19)9-17-10-16-18-13-3-2-4-15(13)21-16/h5-8,14,17,19H,2-4,9-10H2,1H3. The monoisotopic (exact) mass is 304 g/mol. The molecule has 0 saturated carbocycles. The highest BCUT2D eigenvalue weighted by atomic mass is 32.1. The highest BCUT2D eigenvalue weighted by molar-refractivity contribution is 7.11. The Hall–Kier alpha value is -1.43. The number of aliphatic hydroxyl groups is 1. The second-order valence-electron chi connectivity index (χ2n) is 5.25. The summed E-state index contributed by atoms with van der Waals surface area (Å²) < 4.78 is 5.11. The van der Waals surface area contributed by atoms with E-state index in [2.05, 4.69) is 10.3 Å². The molecule has 0 aliphatic heterocycles. The van der Waals surface area contributed by atoms with Crippen LogP contribution in [0.5, 0.6) is 5.75 Å². The third kappa shape index (κ3) is 3.43. The first-order chi connectivity index (χ1) is 10.3. The number of hydrogen-bond acceptors (Lipinski definition) is 5. The van der Waals surface area contributed by atoms with Gasteiger partial charge in [0.25, 0.3) is 0 Å².